The maximum atomic E-state index is 12.3. The third-order valence-electron chi connectivity index (χ3n) is 4.45. The number of amides is 1. The fourth-order valence-electron chi connectivity index (χ4n) is 3.09. The molecule has 28 heavy (non-hydrogen) atoms. The second kappa shape index (κ2) is 7.73. The highest BCUT2D eigenvalue weighted by Crippen LogP contribution is 2.30. The molecule has 6 nitrogen and oxygen atoms in total. The number of nitrogens with zero attached hydrogens (tertiary/aromatic N) is 2. The Morgan fingerprint density at radius 1 is 1.21 bits per heavy atom. The van der Waals surface area contributed by atoms with Crippen LogP contribution in [0.5, 0.6) is 11.5 Å². The minimum atomic E-state index is -0.300. The molecule has 3 aromatic rings. The lowest BCUT2D eigenvalue weighted by Gasteiger charge is -2.20. The van der Waals surface area contributed by atoms with E-state index in [9.17, 15) is 4.79 Å². The van der Waals surface area contributed by atoms with E-state index >= 15 is 0 Å². The van der Waals surface area contributed by atoms with E-state index in [2.05, 4.69) is 11.5 Å². The number of carbonyl (C=O) groups is 1. The number of hydrogen-bond donors (Lipinski definition) is 1. The van der Waals surface area contributed by atoms with Crippen LogP contribution in [-0.4, -0.2) is 31.2 Å². The zero-order valence-electron chi connectivity index (χ0n) is 15.0. The van der Waals surface area contributed by atoms with Gasteiger partial charge in [0.15, 0.2) is 12.4 Å². The summed E-state index contributed by atoms with van der Waals surface area (Å²) < 4.78 is 10.8. The highest BCUT2D eigenvalue weighted by atomic mass is 35.5. The van der Waals surface area contributed by atoms with Gasteiger partial charge in [-0.25, -0.2) is 4.98 Å². The van der Waals surface area contributed by atoms with Crippen LogP contribution in [0.4, 0.5) is 5.82 Å². The van der Waals surface area contributed by atoms with Crippen LogP contribution in [0.2, 0.25) is 10.0 Å². The zero-order valence-corrected chi connectivity index (χ0v) is 16.5. The second-order valence-corrected chi connectivity index (χ2v) is 7.17. The fraction of sp³-hybridized carbons (Fsp3) is 0.200. The van der Waals surface area contributed by atoms with Crippen molar-refractivity contribution in [3.63, 3.8) is 0 Å². The molecule has 0 aliphatic carbocycles. The topological polar surface area (TPSA) is 63.7 Å². The number of aromatic nitrogens is 1. The van der Waals surface area contributed by atoms with Gasteiger partial charge in [-0.2, -0.15) is 0 Å². The molecular weight excluding hydrogens is 401 g/mol. The van der Waals surface area contributed by atoms with Gasteiger partial charge in [-0.1, -0.05) is 23.2 Å². The van der Waals surface area contributed by atoms with Gasteiger partial charge in [0.2, 0.25) is 0 Å². The van der Waals surface area contributed by atoms with Crippen LogP contribution in [0.1, 0.15) is 5.56 Å². The van der Waals surface area contributed by atoms with Crippen molar-refractivity contribution in [3.05, 3.63) is 58.1 Å². The van der Waals surface area contributed by atoms with Crippen molar-refractivity contribution in [1.29, 1.82) is 0 Å². The van der Waals surface area contributed by atoms with Gasteiger partial charge in [-0.3, -0.25) is 15.2 Å². The van der Waals surface area contributed by atoms with Crippen LogP contribution in [0.25, 0.3) is 10.9 Å². The summed E-state index contributed by atoms with van der Waals surface area (Å²) in [4.78, 5) is 17.0. The summed E-state index contributed by atoms with van der Waals surface area (Å²) in [7, 11) is 1.62. The molecule has 4 rings (SSSR count). The Hall–Kier alpha value is -2.70. The quantitative estimate of drug-likeness (QED) is 0.678. The Labute approximate surface area is 171 Å². The Morgan fingerprint density at radius 3 is 2.86 bits per heavy atom. The van der Waals surface area contributed by atoms with Gasteiger partial charge in [0.05, 0.1) is 17.6 Å². The Kier molecular flexibility index (Phi) is 5.15. The molecule has 2 aromatic carbocycles. The third-order valence-corrected chi connectivity index (χ3v) is 4.98. The number of carbonyl (C=O) groups excluding carboxylic acids is 1. The highest BCUT2D eigenvalue weighted by Gasteiger charge is 2.23. The van der Waals surface area contributed by atoms with Crippen molar-refractivity contribution in [2.24, 2.45) is 0 Å². The number of benzene rings is 2. The van der Waals surface area contributed by atoms with Gasteiger partial charge < -0.3 is 9.47 Å². The number of fused-ring (bicyclic) bond motifs is 2. The average Bonchev–Trinajstić information content (AvgIpc) is 3.06. The minimum absolute atomic E-state index is 0.172. The average molecular weight is 418 g/mol. The molecule has 8 heteroatoms. The summed E-state index contributed by atoms with van der Waals surface area (Å²) in [6, 6.07) is 12.7. The Morgan fingerprint density at radius 2 is 2.07 bits per heavy atom. The molecule has 0 radical (unpaired) electrons. The van der Waals surface area contributed by atoms with E-state index in [1.54, 1.807) is 30.3 Å². The summed E-state index contributed by atoms with van der Waals surface area (Å²) in [6.07, 6.45) is 0.800. The molecule has 0 fully saturated rings. The lowest BCUT2D eigenvalue weighted by Crippen LogP contribution is -2.43. The van der Waals surface area contributed by atoms with Gasteiger partial charge in [-0.05, 0) is 48.4 Å². The van der Waals surface area contributed by atoms with E-state index in [4.69, 9.17) is 37.7 Å². The predicted octanol–water partition coefficient (Wildman–Crippen LogP) is 4.02. The summed E-state index contributed by atoms with van der Waals surface area (Å²) >= 11 is 11.9. The van der Waals surface area contributed by atoms with Gasteiger partial charge in [0, 0.05) is 23.0 Å². The lowest BCUT2D eigenvalue weighted by atomic mass is 10.1. The van der Waals surface area contributed by atoms with E-state index in [1.807, 2.05) is 18.2 Å². The smallest absolute Gasteiger partial charge is 0.276 e. The molecule has 0 unspecified atom stereocenters. The number of nitrogens with one attached hydrogen (secondary N) is 1. The number of hydrazine groups is 1. The van der Waals surface area contributed by atoms with Gasteiger partial charge in [0.1, 0.15) is 11.5 Å². The van der Waals surface area contributed by atoms with Gasteiger partial charge in [-0.15, -0.1) is 0 Å². The van der Waals surface area contributed by atoms with Gasteiger partial charge >= 0.3 is 0 Å². The van der Waals surface area contributed by atoms with Crippen molar-refractivity contribution < 1.29 is 14.3 Å². The van der Waals surface area contributed by atoms with Crippen molar-refractivity contribution in [2.45, 2.75) is 6.42 Å². The maximum Gasteiger partial charge on any atom is 0.276 e. The monoisotopic (exact) mass is 417 g/mol. The Bertz CT molecular complexity index is 1060. The number of hydrogen-bond acceptors (Lipinski definition) is 5. The first-order chi connectivity index (χ1) is 13.5. The molecule has 0 saturated heterocycles. The molecule has 2 heterocycles. The van der Waals surface area contributed by atoms with E-state index in [1.165, 1.54) is 0 Å². The highest BCUT2D eigenvalue weighted by molar-refractivity contribution is 6.35. The molecule has 144 valence electrons. The predicted molar refractivity (Wildman–Crippen MR) is 109 cm³/mol. The molecule has 0 spiro atoms. The summed E-state index contributed by atoms with van der Waals surface area (Å²) in [6.45, 7) is 0.470. The van der Waals surface area contributed by atoms with Crippen molar-refractivity contribution in [2.75, 3.05) is 25.3 Å². The molecule has 1 aromatic heterocycles. The van der Waals surface area contributed by atoms with Crippen molar-refractivity contribution >= 4 is 45.8 Å². The minimum Gasteiger partial charge on any atom is -0.497 e. The third kappa shape index (κ3) is 3.79. The molecule has 0 bridgehead atoms. The summed E-state index contributed by atoms with van der Waals surface area (Å²) in [5.74, 6) is 1.58. The van der Waals surface area contributed by atoms with Crippen LogP contribution in [0, 0.1) is 0 Å². The fourth-order valence-corrected chi connectivity index (χ4v) is 3.55. The lowest BCUT2D eigenvalue weighted by molar-refractivity contribution is -0.123. The van der Waals surface area contributed by atoms with E-state index < -0.39 is 0 Å². The molecule has 1 aliphatic heterocycles. The van der Waals surface area contributed by atoms with E-state index in [0.717, 1.165) is 34.5 Å². The van der Waals surface area contributed by atoms with Crippen LogP contribution in [0.3, 0.4) is 0 Å². The van der Waals surface area contributed by atoms with Crippen LogP contribution < -0.4 is 19.9 Å². The molecular formula is C20H17Cl2N3O3. The van der Waals surface area contributed by atoms with Crippen molar-refractivity contribution in [1.82, 2.24) is 10.4 Å². The molecule has 1 N–H and O–H groups in total. The number of methoxy groups -OCH3 is 1. The summed E-state index contributed by atoms with van der Waals surface area (Å²) in [5.41, 5.74) is 4.73. The first kappa shape index (κ1) is 18.7. The number of pyridine rings is 1. The SMILES string of the molecule is COc1ccc2cc3c(nc2c1)N(NC(=O)COc1ccc(Cl)cc1Cl)CC3. The molecule has 0 atom stereocenters. The molecule has 1 aliphatic rings. The summed E-state index contributed by atoms with van der Waals surface area (Å²) in [5, 5.41) is 3.64. The number of rotatable bonds is 5. The molecule has 0 saturated carbocycles. The van der Waals surface area contributed by atoms with Crippen molar-refractivity contribution in [3.8, 4) is 11.5 Å². The largest absolute Gasteiger partial charge is 0.497 e. The second-order valence-electron chi connectivity index (χ2n) is 6.33. The molecule has 1 amide bonds. The normalized spacial score (nSPS) is 12.8. The zero-order chi connectivity index (χ0) is 19.7. The van der Waals surface area contributed by atoms with Gasteiger partial charge in [0.25, 0.3) is 5.91 Å². The standard InChI is InChI=1S/C20H17Cl2N3O3/c1-27-15-4-2-12-8-13-6-7-25(20(13)23-17(12)10-15)24-19(26)11-28-18-5-3-14(21)9-16(18)22/h2-5,8-10H,6-7,11H2,1H3,(H,24,26). The maximum absolute atomic E-state index is 12.3. The van der Waals surface area contributed by atoms with E-state index in [-0.39, 0.29) is 12.5 Å². The number of anilines is 1. The number of halogens is 2. The van der Waals surface area contributed by atoms with Crippen LogP contribution >= 0.6 is 23.2 Å². The first-order valence-corrected chi connectivity index (χ1v) is 9.41. The number of ether oxygens (including phenoxy) is 2. The van der Waals surface area contributed by atoms with Crippen LogP contribution in [-0.2, 0) is 11.2 Å². The van der Waals surface area contributed by atoms with Crippen LogP contribution in [0.15, 0.2) is 42.5 Å². The first-order valence-electron chi connectivity index (χ1n) is 8.66. The Balaban J connectivity index is 1.46. The van der Waals surface area contributed by atoms with E-state index in [0.29, 0.717) is 22.3 Å².